The number of carbonyl (C=O) groups excluding carboxylic acids is 2. The molecule has 0 spiro atoms. The zero-order chi connectivity index (χ0) is 23.6. The van der Waals surface area contributed by atoms with Gasteiger partial charge in [0.15, 0.2) is 5.82 Å². The molecule has 0 aliphatic rings. The van der Waals surface area contributed by atoms with Crippen LogP contribution in [0.1, 0.15) is 38.5 Å². The van der Waals surface area contributed by atoms with Crippen LogP contribution >= 0.6 is 23.2 Å². The normalized spacial score (nSPS) is 12.0. The molecule has 1 unspecified atom stereocenters. The first-order valence-corrected chi connectivity index (χ1v) is 11.1. The summed E-state index contributed by atoms with van der Waals surface area (Å²) >= 11 is 12.1. The maximum Gasteiger partial charge on any atom is 0.282 e. The molecule has 3 aromatic rings. The fourth-order valence-electron chi connectivity index (χ4n) is 2.81. The monoisotopic (exact) mass is 501 g/mol. The summed E-state index contributed by atoms with van der Waals surface area (Å²) in [4.78, 5) is 29.6. The van der Waals surface area contributed by atoms with E-state index in [9.17, 15) is 22.6 Å². The molecule has 0 saturated heterocycles. The van der Waals surface area contributed by atoms with E-state index in [0.717, 1.165) is 10.7 Å². The number of alkyl halides is 2. The van der Waals surface area contributed by atoms with Gasteiger partial charge in [0.05, 0.1) is 16.3 Å². The Bertz CT molecular complexity index is 1240. The Morgan fingerprint density at radius 2 is 1.91 bits per heavy atom. The molecule has 2 aromatic heterocycles. The number of benzene rings is 1. The summed E-state index contributed by atoms with van der Waals surface area (Å²) < 4.78 is 41.1. The number of hydrogen-bond donors (Lipinski definition) is 2. The molecule has 13 heteroatoms. The smallest absolute Gasteiger partial charge is 0.282 e. The van der Waals surface area contributed by atoms with E-state index < -0.39 is 34.9 Å². The molecule has 1 aromatic carbocycles. The quantitative estimate of drug-likeness (QED) is 0.528. The standard InChI is InChI=1S/C19H15Cl2F2N5O3S/c1-9-6-10(20)7-11(18(29)27-32(2)31)15(9)25-19(30)14-8-13(16(22)23)26-28(14)17-12(21)4-3-5-24-17/h3-8,16H,1-2H3,(H,25,30)(H,27,29). The van der Waals surface area contributed by atoms with Crippen LogP contribution < -0.4 is 10.0 Å². The molecule has 0 aliphatic carbocycles. The second kappa shape index (κ2) is 9.72. The van der Waals surface area contributed by atoms with E-state index in [-0.39, 0.29) is 32.8 Å². The first kappa shape index (κ1) is 23.8. The first-order valence-electron chi connectivity index (χ1n) is 8.83. The van der Waals surface area contributed by atoms with Crippen molar-refractivity contribution in [3.05, 3.63) is 69.1 Å². The molecule has 1 atom stereocenters. The van der Waals surface area contributed by atoms with Crippen molar-refractivity contribution in [1.29, 1.82) is 0 Å². The highest BCUT2D eigenvalue weighted by molar-refractivity contribution is 7.82. The third kappa shape index (κ3) is 5.12. The second-order valence-electron chi connectivity index (χ2n) is 6.46. The van der Waals surface area contributed by atoms with Crippen molar-refractivity contribution < 1.29 is 22.6 Å². The number of aromatic nitrogens is 3. The van der Waals surface area contributed by atoms with Gasteiger partial charge in [-0.15, -0.1) is 0 Å². The Morgan fingerprint density at radius 3 is 2.53 bits per heavy atom. The van der Waals surface area contributed by atoms with Crippen LogP contribution in [0.4, 0.5) is 14.5 Å². The Labute approximate surface area is 193 Å². The number of hydrogen-bond acceptors (Lipinski definition) is 5. The van der Waals surface area contributed by atoms with Crippen LogP contribution in [0.3, 0.4) is 0 Å². The third-order valence-corrected chi connectivity index (χ3v) is 5.13. The molecule has 3 rings (SSSR count). The molecule has 32 heavy (non-hydrogen) atoms. The van der Waals surface area contributed by atoms with E-state index in [1.54, 1.807) is 6.92 Å². The third-order valence-electron chi connectivity index (χ3n) is 4.14. The Kier molecular flexibility index (Phi) is 7.22. The maximum atomic E-state index is 13.3. The van der Waals surface area contributed by atoms with E-state index in [2.05, 4.69) is 20.1 Å². The zero-order valence-electron chi connectivity index (χ0n) is 16.5. The number of carbonyl (C=O) groups is 2. The van der Waals surface area contributed by atoms with Crippen molar-refractivity contribution in [2.45, 2.75) is 13.3 Å². The van der Waals surface area contributed by atoms with Crippen molar-refractivity contribution in [3.63, 3.8) is 0 Å². The van der Waals surface area contributed by atoms with Crippen LogP contribution in [-0.4, -0.2) is 37.0 Å². The molecule has 2 heterocycles. The van der Waals surface area contributed by atoms with Gasteiger partial charge in [-0.1, -0.05) is 23.2 Å². The average molecular weight is 502 g/mol. The largest absolute Gasteiger partial charge is 0.320 e. The van der Waals surface area contributed by atoms with Gasteiger partial charge in [-0.3, -0.25) is 14.3 Å². The second-order valence-corrected chi connectivity index (χ2v) is 8.42. The van der Waals surface area contributed by atoms with Gasteiger partial charge in [-0.2, -0.15) is 5.10 Å². The van der Waals surface area contributed by atoms with Gasteiger partial charge in [0, 0.05) is 17.5 Å². The predicted octanol–water partition coefficient (Wildman–Crippen LogP) is 4.10. The van der Waals surface area contributed by atoms with E-state index in [1.165, 1.54) is 36.7 Å². The van der Waals surface area contributed by atoms with E-state index in [0.29, 0.717) is 5.56 Å². The number of anilines is 1. The fraction of sp³-hybridized carbons (Fsp3) is 0.158. The van der Waals surface area contributed by atoms with Gasteiger partial charge in [0.2, 0.25) is 0 Å². The van der Waals surface area contributed by atoms with Crippen LogP contribution in [0.25, 0.3) is 5.82 Å². The van der Waals surface area contributed by atoms with E-state index in [4.69, 9.17) is 23.2 Å². The fourth-order valence-corrected chi connectivity index (χ4v) is 3.66. The molecule has 168 valence electrons. The van der Waals surface area contributed by atoms with Crippen LogP contribution in [0.5, 0.6) is 0 Å². The number of aryl methyl sites for hydroxylation is 1. The van der Waals surface area contributed by atoms with Crippen LogP contribution in [0.15, 0.2) is 36.5 Å². The summed E-state index contributed by atoms with van der Waals surface area (Å²) in [6.45, 7) is 1.58. The molecule has 8 nitrogen and oxygen atoms in total. The molecule has 0 saturated carbocycles. The van der Waals surface area contributed by atoms with Gasteiger partial charge >= 0.3 is 0 Å². The predicted molar refractivity (Wildman–Crippen MR) is 117 cm³/mol. The lowest BCUT2D eigenvalue weighted by atomic mass is 10.1. The molecular formula is C19H15Cl2F2N5O3S. The van der Waals surface area contributed by atoms with Crippen molar-refractivity contribution in [2.75, 3.05) is 11.6 Å². The van der Waals surface area contributed by atoms with Crippen LogP contribution in [-0.2, 0) is 11.0 Å². The summed E-state index contributed by atoms with van der Waals surface area (Å²) in [7, 11) is -1.68. The van der Waals surface area contributed by atoms with Gasteiger partial charge in [-0.25, -0.2) is 22.7 Å². The Balaban J connectivity index is 2.08. The lowest BCUT2D eigenvalue weighted by molar-refractivity contribution is 0.0984. The topological polar surface area (TPSA) is 106 Å². The minimum absolute atomic E-state index is 0.0293. The van der Waals surface area contributed by atoms with Gasteiger partial charge in [-0.05, 0) is 42.8 Å². The summed E-state index contributed by atoms with van der Waals surface area (Å²) in [6.07, 6.45) is -0.332. The van der Waals surface area contributed by atoms with Gasteiger partial charge in [0.25, 0.3) is 18.2 Å². The lowest BCUT2D eigenvalue weighted by Crippen LogP contribution is -2.27. The summed E-state index contributed by atoms with van der Waals surface area (Å²) in [5.41, 5.74) is -0.547. The highest BCUT2D eigenvalue weighted by atomic mass is 35.5. The minimum atomic E-state index is -2.96. The summed E-state index contributed by atoms with van der Waals surface area (Å²) in [6, 6.07) is 6.67. The molecule has 2 N–H and O–H groups in total. The first-order chi connectivity index (χ1) is 15.1. The Hall–Kier alpha value is -2.89. The summed E-state index contributed by atoms with van der Waals surface area (Å²) in [5.74, 6) is -1.64. The lowest BCUT2D eigenvalue weighted by Gasteiger charge is -2.15. The van der Waals surface area contributed by atoms with Gasteiger partial charge in [0.1, 0.15) is 22.4 Å². The molecule has 0 fully saturated rings. The SMILES string of the molecule is Cc1cc(Cl)cc(C(=O)NS(C)=O)c1NC(=O)c1cc(C(F)F)nn1-c1ncccc1Cl. The highest BCUT2D eigenvalue weighted by Gasteiger charge is 2.25. The van der Waals surface area contributed by atoms with Crippen molar-refractivity contribution in [3.8, 4) is 5.82 Å². The number of pyridine rings is 1. The molecular weight excluding hydrogens is 487 g/mol. The molecule has 0 aliphatic heterocycles. The average Bonchev–Trinajstić information content (AvgIpc) is 3.15. The molecule has 0 radical (unpaired) electrons. The van der Waals surface area contributed by atoms with Crippen LogP contribution in [0, 0.1) is 6.92 Å². The van der Waals surface area contributed by atoms with Crippen LogP contribution in [0.2, 0.25) is 10.0 Å². The Morgan fingerprint density at radius 1 is 1.19 bits per heavy atom. The highest BCUT2D eigenvalue weighted by Crippen LogP contribution is 2.28. The maximum absolute atomic E-state index is 13.3. The van der Waals surface area contributed by atoms with Gasteiger partial charge < -0.3 is 5.32 Å². The number of halogens is 4. The number of amides is 2. The van der Waals surface area contributed by atoms with Crippen molar-refractivity contribution in [1.82, 2.24) is 19.5 Å². The summed E-state index contributed by atoms with van der Waals surface area (Å²) in [5, 5.41) is 6.57. The van der Waals surface area contributed by atoms with Crippen molar-refractivity contribution in [2.24, 2.45) is 0 Å². The molecule has 2 amide bonds. The zero-order valence-corrected chi connectivity index (χ0v) is 18.9. The van der Waals surface area contributed by atoms with E-state index in [1.807, 2.05) is 0 Å². The number of nitrogens with one attached hydrogen (secondary N) is 2. The van der Waals surface area contributed by atoms with Crippen molar-refractivity contribution >= 4 is 51.7 Å². The van der Waals surface area contributed by atoms with E-state index >= 15 is 0 Å². The number of rotatable bonds is 6. The number of nitrogens with zero attached hydrogens (tertiary/aromatic N) is 3. The molecule has 0 bridgehead atoms. The minimum Gasteiger partial charge on any atom is -0.320 e.